The number of aromatic nitrogens is 3. The van der Waals surface area contributed by atoms with Crippen molar-refractivity contribution in [2.75, 3.05) is 0 Å². The molecule has 0 N–H and O–H groups in total. The van der Waals surface area contributed by atoms with Gasteiger partial charge in [0.25, 0.3) is 0 Å². The van der Waals surface area contributed by atoms with E-state index in [9.17, 15) is 13.2 Å². The summed E-state index contributed by atoms with van der Waals surface area (Å²) < 4.78 is 38.7. The van der Waals surface area contributed by atoms with Crippen LogP contribution in [0.4, 0.5) is 13.2 Å². The van der Waals surface area contributed by atoms with E-state index in [2.05, 4.69) is 10.2 Å². The summed E-state index contributed by atoms with van der Waals surface area (Å²) in [6, 6.07) is 3.23. The zero-order valence-electron chi connectivity index (χ0n) is 7.29. The van der Waals surface area contributed by atoms with Crippen LogP contribution >= 0.6 is 0 Å². The maximum Gasteiger partial charge on any atom is -1.00 e. The van der Waals surface area contributed by atoms with E-state index < -0.39 is 12.0 Å². The predicted molar refractivity (Wildman–Crippen MR) is 43.4 cm³/mol. The number of pyridine rings is 1. The Morgan fingerprint density at radius 3 is 2.53 bits per heavy atom. The van der Waals surface area contributed by atoms with E-state index in [0.29, 0.717) is 3.69 Å². The van der Waals surface area contributed by atoms with Gasteiger partial charge in [0.05, 0.1) is 0 Å². The van der Waals surface area contributed by atoms with Crippen LogP contribution in [0.25, 0.3) is 5.65 Å². The van der Waals surface area contributed by atoms with E-state index in [1.165, 1.54) is 34.0 Å². The van der Waals surface area contributed by atoms with Gasteiger partial charge in [-0.25, -0.2) is 0 Å². The van der Waals surface area contributed by atoms with Crippen LogP contribution in [0.1, 0.15) is 5.82 Å². The van der Waals surface area contributed by atoms with Gasteiger partial charge in [0.2, 0.25) is 0 Å². The van der Waals surface area contributed by atoms with E-state index in [4.69, 9.17) is 0 Å². The third-order valence-electron chi connectivity index (χ3n) is 1.77. The van der Waals surface area contributed by atoms with Crippen LogP contribution in [0, 0.1) is 0 Å². The Bertz CT molecular complexity index is 482. The second-order valence-corrected chi connectivity index (χ2v) is 3.51. The minimum atomic E-state index is -4.46. The molecule has 0 aromatic carbocycles. The molecule has 0 aliphatic rings. The van der Waals surface area contributed by atoms with Crippen molar-refractivity contribution < 1.29 is 25.6 Å². The molecule has 8 heteroatoms. The van der Waals surface area contributed by atoms with Gasteiger partial charge in [0, 0.05) is 0 Å². The topological polar surface area (TPSA) is 30.2 Å². The molecule has 0 saturated heterocycles. The average molecular weight is 246 g/mol. The molecule has 2 heterocycles. The first-order chi connectivity index (χ1) is 6.50. The number of hydrogen-bond donors (Lipinski definition) is 0. The molecule has 0 atom stereocenters. The second-order valence-electron chi connectivity index (χ2n) is 2.75. The minimum absolute atomic E-state index is 0. The summed E-state index contributed by atoms with van der Waals surface area (Å²) in [6.07, 6.45) is -3.16. The summed E-state index contributed by atoms with van der Waals surface area (Å²) in [6.45, 7) is 0. The van der Waals surface area contributed by atoms with Gasteiger partial charge in [0.15, 0.2) is 0 Å². The average Bonchev–Trinajstić information content (AvgIpc) is 2.47. The van der Waals surface area contributed by atoms with Gasteiger partial charge in [-0.05, 0) is 0 Å². The first kappa shape index (κ1) is 12.5. The van der Waals surface area contributed by atoms with Crippen molar-refractivity contribution in [3.8, 4) is 0 Å². The van der Waals surface area contributed by atoms with Crippen molar-refractivity contribution in [2.45, 2.75) is 6.18 Å². The third kappa shape index (κ3) is 2.18. The Kier molecular flexibility index (Phi) is 3.46. The maximum atomic E-state index is 12.4. The van der Waals surface area contributed by atoms with Gasteiger partial charge in [-0.15, -0.1) is 0 Å². The first-order valence-electron chi connectivity index (χ1n) is 3.73. The van der Waals surface area contributed by atoms with E-state index in [-0.39, 0.29) is 18.1 Å². The Balaban J connectivity index is 0.00000112. The Morgan fingerprint density at radius 2 is 1.93 bits per heavy atom. The first-order valence-corrected chi connectivity index (χ1v) is 4.44. The van der Waals surface area contributed by atoms with Crippen LogP contribution in [0.2, 0.25) is 0 Å². The van der Waals surface area contributed by atoms with Gasteiger partial charge in [-0.2, -0.15) is 0 Å². The molecule has 0 unspecified atom stereocenters. The summed E-state index contributed by atoms with van der Waals surface area (Å²) >= 11 is 1.48. The molecule has 0 radical (unpaired) electrons. The maximum absolute atomic E-state index is 12.4. The van der Waals surface area contributed by atoms with E-state index in [1.807, 2.05) is 0 Å². The predicted octanol–water partition coefficient (Wildman–Crippen LogP) is -2.45. The largest absolute Gasteiger partial charge is 1.00 e. The van der Waals surface area contributed by atoms with E-state index in [1.54, 1.807) is 6.07 Å². The van der Waals surface area contributed by atoms with Crippen molar-refractivity contribution in [3.63, 3.8) is 0 Å². The molecule has 0 fully saturated rings. The van der Waals surface area contributed by atoms with Crippen molar-refractivity contribution in [1.82, 2.24) is 14.6 Å². The van der Waals surface area contributed by atoms with Crippen LogP contribution in [-0.4, -0.2) is 36.3 Å². The zero-order valence-corrected chi connectivity index (χ0v) is 9.46. The molecule has 0 spiro atoms. The van der Waals surface area contributed by atoms with Crippen molar-refractivity contribution in [1.29, 1.82) is 0 Å². The molecule has 2 aromatic rings. The molecule has 2 aromatic heterocycles. The Morgan fingerprint density at radius 1 is 1.27 bits per heavy atom. The number of halogens is 4. The molecule has 2 rings (SSSR count). The molecule has 0 aliphatic carbocycles. The molecular weight excluding hydrogens is 243 g/mol. The SMILES string of the molecule is FC(F)(F)c1nnc2[c]([Mg+])cccn12.[Cl-]. The second kappa shape index (κ2) is 4.15. The summed E-state index contributed by atoms with van der Waals surface area (Å²) in [5.41, 5.74) is 0.248. The minimum Gasteiger partial charge on any atom is -1.00 e. The van der Waals surface area contributed by atoms with Gasteiger partial charge >= 0.3 is 89.1 Å². The number of rotatable bonds is 0. The fraction of sp³-hybridized carbons (Fsp3) is 0.143. The molecule has 3 nitrogen and oxygen atoms in total. The number of alkyl halides is 3. The van der Waals surface area contributed by atoms with E-state index in [0.717, 1.165) is 4.40 Å². The van der Waals surface area contributed by atoms with E-state index >= 15 is 0 Å². The zero-order chi connectivity index (χ0) is 10.3. The van der Waals surface area contributed by atoms with Crippen LogP contribution in [0.5, 0.6) is 0 Å². The van der Waals surface area contributed by atoms with Gasteiger partial charge in [-0.3, -0.25) is 0 Å². The van der Waals surface area contributed by atoms with Crippen LogP contribution in [-0.2, 0) is 6.18 Å². The smallest absolute Gasteiger partial charge is 1.00 e. The molecule has 0 bridgehead atoms. The number of nitrogens with zero attached hydrogens (tertiary/aromatic N) is 3. The van der Waals surface area contributed by atoms with Gasteiger partial charge in [0.1, 0.15) is 0 Å². The van der Waals surface area contributed by atoms with Crippen molar-refractivity contribution >= 4 is 31.0 Å². The van der Waals surface area contributed by atoms with Crippen molar-refractivity contribution in [2.24, 2.45) is 0 Å². The molecular formula is C7H3ClF3MgN3. The van der Waals surface area contributed by atoms with Gasteiger partial charge in [-0.1, -0.05) is 0 Å². The molecule has 0 saturated carbocycles. The van der Waals surface area contributed by atoms with Crippen LogP contribution in [0.3, 0.4) is 0 Å². The Hall–Kier alpha value is -0.534. The van der Waals surface area contributed by atoms with Crippen LogP contribution < -0.4 is 16.1 Å². The summed E-state index contributed by atoms with van der Waals surface area (Å²) in [4.78, 5) is 0. The Labute approximate surface area is 102 Å². The molecule has 15 heavy (non-hydrogen) atoms. The molecule has 76 valence electrons. The fourth-order valence-corrected chi connectivity index (χ4v) is 1.54. The molecule has 0 amide bonds. The van der Waals surface area contributed by atoms with Crippen molar-refractivity contribution in [3.05, 3.63) is 24.2 Å². The van der Waals surface area contributed by atoms with Crippen LogP contribution in [0.15, 0.2) is 18.3 Å². The fourth-order valence-electron chi connectivity index (χ4n) is 1.16. The summed E-state index contributed by atoms with van der Waals surface area (Å²) in [5, 5.41) is 6.60. The normalized spacial score (nSPS) is 11.5. The number of fused-ring (bicyclic) bond motifs is 1. The monoisotopic (exact) mass is 245 g/mol. The summed E-state index contributed by atoms with van der Waals surface area (Å²) in [5.74, 6) is -0.985. The standard InChI is InChI=1S/C7H3F3N3.ClH.Mg/c8-7(9,10)6-12-11-5-3-1-2-4-13(5)6;;/h1-2,4H;1H;/q;;+1/p-1. The summed E-state index contributed by atoms with van der Waals surface area (Å²) in [7, 11) is 0. The quantitative estimate of drug-likeness (QED) is 0.483. The third-order valence-corrected chi connectivity index (χ3v) is 2.32. The number of hydrogen-bond acceptors (Lipinski definition) is 2. The molecule has 0 aliphatic heterocycles. The van der Waals surface area contributed by atoms with Gasteiger partial charge < -0.3 is 12.4 Å².